The van der Waals surface area contributed by atoms with Crippen LogP contribution < -0.4 is 5.73 Å². The Kier molecular flexibility index (Phi) is 2.93. The van der Waals surface area contributed by atoms with Crippen molar-refractivity contribution in [3.05, 3.63) is 41.4 Å². The highest BCUT2D eigenvalue weighted by Gasteiger charge is 2.23. The van der Waals surface area contributed by atoms with Gasteiger partial charge in [0.2, 0.25) is 0 Å². The van der Waals surface area contributed by atoms with Crippen molar-refractivity contribution < 1.29 is 0 Å². The van der Waals surface area contributed by atoms with E-state index in [0.29, 0.717) is 6.04 Å². The summed E-state index contributed by atoms with van der Waals surface area (Å²) in [4.78, 5) is 6.99. The summed E-state index contributed by atoms with van der Waals surface area (Å²) < 4.78 is 0. The lowest BCUT2D eigenvalue weighted by Gasteiger charge is -2.36. The second-order valence-corrected chi connectivity index (χ2v) is 5.32. The van der Waals surface area contributed by atoms with Gasteiger partial charge in [-0.15, -0.1) is 11.3 Å². The Morgan fingerprint density at radius 2 is 2.06 bits per heavy atom. The van der Waals surface area contributed by atoms with Crippen LogP contribution in [0.3, 0.4) is 0 Å². The van der Waals surface area contributed by atoms with Crippen LogP contribution in [0, 0.1) is 0 Å². The Balaban J connectivity index is 1.70. The van der Waals surface area contributed by atoms with Crippen molar-refractivity contribution in [2.24, 2.45) is 5.73 Å². The van der Waals surface area contributed by atoms with Crippen LogP contribution in [0.5, 0.6) is 0 Å². The molecule has 2 N–H and O–H groups in total. The standard InChI is InChI=1S/C13H15N3S/c14-11-6-16(7-11)8-12-9-17-13(15-12)10-4-2-1-3-5-10/h1-5,9,11H,6-8,14H2. The molecule has 1 fully saturated rings. The summed E-state index contributed by atoms with van der Waals surface area (Å²) in [5.74, 6) is 0. The van der Waals surface area contributed by atoms with E-state index in [2.05, 4.69) is 27.4 Å². The van der Waals surface area contributed by atoms with E-state index in [1.165, 1.54) is 5.56 Å². The van der Waals surface area contributed by atoms with Crippen LogP contribution in [0.25, 0.3) is 10.6 Å². The Morgan fingerprint density at radius 1 is 1.29 bits per heavy atom. The van der Waals surface area contributed by atoms with Gasteiger partial charge in [0.25, 0.3) is 0 Å². The number of nitrogens with two attached hydrogens (primary N) is 1. The first kappa shape index (κ1) is 10.9. The number of benzene rings is 1. The zero-order chi connectivity index (χ0) is 11.7. The molecule has 1 saturated heterocycles. The van der Waals surface area contributed by atoms with Gasteiger partial charge in [-0.05, 0) is 0 Å². The van der Waals surface area contributed by atoms with E-state index in [1.54, 1.807) is 11.3 Å². The lowest BCUT2D eigenvalue weighted by molar-refractivity contribution is 0.141. The minimum absolute atomic E-state index is 0.363. The lowest BCUT2D eigenvalue weighted by Crippen LogP contribution is -2.54. The molecule has 1 aromatic heterocycles. The molecule has 0 spiro atoms. The molecule has 1 aliphatic heterocycles. The van der Waals surface area contributed by atoms with Crippen LogP contribution in [-0.2, 0) is 6.54 Å². The number of thiazole rings is 1. The molecule has 0 radical (unpaired) electrons. The zero-order valence-corrected chi connectivity index (χ0v) is 10.4. The summed E-state index contributed by atoms with van der Waals surface area (Å²) in [6, 6.07) is 10.7. The summed E-state index contributed by atoms with van der Waals surface area (Å²) in [6.45, 7) is 2.92. The van der Waals surface area contributed by atoms with E-state index in [-0.39, 0.29) is 0 Å². The van der Waals surface area contributed by atoms with E-state index in [4.69, 9.17) is 5.73 Å². The van der Waals surface area contributed by atoms with Crippen LogP contribution in [0.15, 0.2) is 35.7 Å². The quantitative estimate of drug-likeness (QED) is 0.898. The highest BCUT2D eigenvalue weighted by molar-refractivity contribution is 7.13. The van der Waals surface area contributed by atoms with Crippen molar-refractivity contribution in [2.45, 2.75) is 12.6 Å². The van der Waals surface area contributed by atoms with Gasteiger partial charge in [0.1, 0.15) is 5.01 Å². The van der Waals surface area contributed by atoms with Crippen LogP contribution >= 0.6 is 11.3 Å². The largest absolute Gasteiger partial charge is 0.325 e. The molecule has 1 aromatic carbocycles. The first-order valence-electron chi connectivity index (χ1n) is 5.79. The van der Waals surface area contributed by atoms with Gasteiger partial charge in [0, 0.05) is 36.6 Å². The third-order valence-corrected chi connectivity index (χ3v) is 3.88. The maximum absolute atomic E-state index is 5.76. The molecular formula is C13H15N3S. The summed E-state index contributed by atoms with van der Waals surface area (Å²) in [6.07, 6.45) is 0. The van der Waals surface area contributed by atoms with Gasteiger partial charge < -0.3 is 5.73 Å². The normalized spacial score (nSPS) is 17.0. The number of aromatic nitrogens is 1. The third kappa shape index (κ3) is 2.39. The highest BCUT2D eigenvalue weighted by atomic mass is 32.1. The average Bonchev–Trinajstić information content (AvgIpc) is 2.77. The first-order valence-corrected chi connectivity index (χ1v) is 6.67. The van der Waals surface area contributed by atoms with Gasteiger partial charge in [-0.3, -0.25) is 4.90 Å². The SMILES string of the molecule is NC1CN(Cc2csc(-c3ccccc3)n2)C1. The maximum Gasteiger partial charge on any atom is 0.123 e. The molecule has 4 heteroatoms. The molecule has 0 saturated carbocycles. The van der Waals surface area contributed by atoms with Gasteiger partial charge in [-0.25, -0.2) is 4.98 Å². The Hall–Kier alpha value is -1.23. The van der Waals surface area contributed by atoms with Crippen molar-refractivity contribution in [3.63, 3.8) is 0 Å². The van der Waals surface area contributed by atoms with Crippen molar-refractivity contribution in [1.29, 1.82) is 0 Å². The van der Waals surface area contributed by atoms with Crippen LogP contribution in [-0.4, -0.2) is 29.0 Å². The number of rotatable bonds is 3. The second kappa shape index (κ2) is 4.56. The first-order chi connectivity index (χ1) is 8.31. The Bertz CT molecular complexity index is 488. The molecule has 0 unspecified atom stereocenters. The van der Waals surface area contributed by atoms with Gasteiger partial charge in [0.05, 0.1) is 5.69 Å². The summed E-state index contributed by atoms with van der Waals surface area (Å²) in [5.41, 5.74) is 8.11. The van der Waals surface area contributed by atoms with Gasteiger partial charge in [-0.1, -0.05) is 30.3 Å². The zero-order valence-electron chi connectivity index (χ0n) is 9.54. The Morgan fingerprint density at radius 3 is 2.76 bits per heavy atom. The fraction of sp³-hybridized carbons (Fsp3) is 0.308. The molecule has 0 amide bonds. The number of nitrogens with zero attached hydrogens (tertiary/aromatic N) is 2. The van der Waals surface area contributed by atoms with Crippen molar-refractivity contribution in [1.82, 2.24) is 9.88 Å². The molecule has 88 valence electrons. The van der Waals surface area contributed by atoms with Crippen LogP contribution in [0.1, 0.15) is 5.69 Å². The summed E-state index contributed by atoms with van der Waals surface area (Å²) in [7, 11) is 0. The van der Waals surface area contributed by atoms with Gasteiger partial charge in [0.15, 0.2) is 0 Å². The predicted octanol–water partition coefficient (Wildman–Crippen LogP) is 1.95. The average molecular weight is 245 g/mol. The molecule has 0 atom stereocenters. The van der Waals surface area contributed by atoms with E-state index in [9.17, 15) is 0 Å². The molecule has 0 bridgehead atoms. The number of hydrogen-bond donors (Lipinski definition) is 1. The van der Waals surface area contributed by atoms with Gasteiger partial charge in [-0.2, -0.15) is 0 Å². The minimum Gasteiger partial charge on any atom is -0.325 e. The smallest absolute Gasteiger partial charge is 0.123 e. The van der Waals surface area contributed by atoms with Crippen LogP contribution in [0.4, 0.5) is 0 Å². The molecule has 0 aliphatic carbocycles. The van der Waals surface area contributed by atoms with Crippen molar-refractivity contribution in [2.75, 3.05) is 13.1 Å². The van der Waals surface area contributed by atoms with E-state index < -0.39 is 0 Å². The summed E-state index contributed by atoms with van der Waals surface area (Å²) in [5, 5.41) is 3.25. The number of likely N-dealkylation sites (tertiary alicyclic amines) is 1. The van der Waals surface area contributed by atoms with Crippen molar-refractivity contribution in [3.8, 4) is 10.6 Å². The second-order valence-electron chi connectivity index (χ2n) is 4.46. The Labute approximate surface area is 105 Å². The topological polar surface area (TPSA) is 42.1 Å². The molecule has 2 aromatic rings. The summed E-state index contributed by atoms with van der Waals surface area (Å²) >= 11 is 1.71. The maximum atomic E-state index is 5.76. The predicted molar refractivity (Wildman–Crippen MR) is 70.8 cm³/mol. The molecule has 3 nitrogen and oxygen atoms in total. The van der Waals surface area contributed by atoms with Gasteiger partial charge >= 0.3 is 0 Å². The molecule has 2 heterocycles. The molecule has 3 rings (SSSR count). The lowest BCUT2D eigenvalue weighted by atomic mass is 10.1. The minimum atomic E-state index is 0.363. The van der Waals surface area contributed by atoms with Crippen molar-refractivity contribution >= 4 is 11.3 Å². The van der Waals surface area contributed by atoms with E-state index in [0.717, 1.165) is 30.3 Å². The monoisotopic (exact) mass is 245 g/mol. The highest BCUT2D eigenvalue weighted by Crippen LogP contribution is 2.24. The molecular weight excluding hydrogens is 230 g/mol. The fourth-order valence-electron chi connectivity index (χ4n) is 2.06. The third-order valence-electron chi connectivity index (χ3n) is 2.94. The van der Waals surface area contributed by atoms with Crippen LogP contribution in [0.2, 0.25) is 0 Å². The molecule has 17 heavy (non-hydrogen) atoms. The fourth-order valence-corrected chi connectivity index (χ4v) is 2.88. The number of hydrogen-bond acceptors (Lipinski definition) is 4. The molecule has 1 aliphatic rings. The van der Waals surface area contributed by atoms with E-state index in [1.807, 2.05) is 18.2 Å². The van der Waals surface area contributed by atoms with E-state index >= 15 is 0 Å².